The topological polar surface area (TPSA) is 59.6 Å². The summed E-state index contributed by atoms with van der Waals surface area (Å²) < 4.78 is 0. The number of hydrogen-bond donors (Lipinski definition) is 2. The minimum atomic E-state index is -0.910. The summed E-state index contributed by atoms with van der Waals surface area (Å²) in [4.78, 5) is 19.5. The fourth-order valence-electron chi connectivity index (χ4n) is 3.85. The zero-order chi connectivity index (χ0) is 17.8. The number of benzene rings is 1. The second kappa shape index (κ2) is 8.02. The zero-order valence-electron chi connectivity index (χ0n) is 15.2. The Bertz CT molecular complexity index is 702. The van der Waals surface area contributed by atoms with E-state index >= 15 is 0 Å². The summed E-state index contributed by atoms with van der Waals surface area (Å²) in [5.74, 6) is 0.435. The van der Waals surface area contributed by atoms with E-state index in [1.54, 1.807) is 4.90 Å². The van der Waals surface area contributed by atoms with Gasteiger partial charge < -0.3 is 19.9 Å². The Morgan fingerprint density at radius 2 is 2.08 bits per heavy atom. The number of aromatic nitrogens is 1. The lowest BCUT2D eigenvalue weighted by Crippen LogP contribution is -2.44. The molecule has 1 aliphatic rings. The van der Waals surface area contributed by atoms with Crippen molar-refractivity contribution in [1.29, 1.82) is 0 Å². The molecule has 0 radical (unpaired) electrons. The Morgan fingerprint density at radius 3 is 2.76 bits per heavy atom. The first-order valence-electron chi connectivity index (χ1n) is 9.35. The van der Waals surface area contributed by atoms with Crippen LogP contribution in [0.1, 0.15) is 38.2 Å². The molecule has 3 rings (SSSR count). The molecule has 1 fully saturated rings. The summed E-state index contributed by atoms with van der Waals surface area (Å²) >= 11 is 0. The Labute approximate surface area is 149 Å². The quantitative estimate of drug-likeness (QED) is 0.847. The molecule has 0 bridgehead atoms. The van der Waals surface area contributed by atoms with Crippen LogP contribution in [0.4, 0.5) is 0 Å². The first-order chi connectivity index (χ1) is 12.1. The van der Waals surface area contributed by atoms with Gasteiger partial charge >= 0.3 is 0 Å². The molecule has 1 saturated heterocycles. The van der Waals surface area contributed by atoms with Crippen molar-refractivity contribution in [1.82, 2.24) is 14.8 Å². The van der Waals surface area contributed by atoms with E-state index in [-0.39, 0.29) is 5.91 Å². The first kappa shape index (κ1) is 18.0. The van der Waals surface area contributed by atoms with Gasteiger partial charge in [0.05, 0.1) is 0 Å². The summed E-state index contributed by atoms with van der Waals surface area (Å²) in [5, 5.41) is 10.8. The number of nitrogens with zero attached hydrogens (tertiary/aromatic N) is 2. The third-order valence-corrected chi connectivity index (χ3v) is 5.39. The molecular weight excluding hydrogens is 314 g/mol. The van der Waals surface area contributed by atoms with Crippen molar-refractivity contribution in [2.75, 3.05) is 32.7 Å². The number of aromatic amines is 1. The van der Waals surface area contributed by atoms with E-state index in [1.807, 2.05) is 6.92 Å². The van der Waals surface area contributed by atoms with Crippen LogP contribution in [0.3, 0.4) is 0 Å². The molecule has 1 amide bonds. The normalized spacial score (nSPS) is 17.7. The molecule has 1 aromatic carbocycles. The lowest BCUT2D eigenvalue weighted by molar-refractivity contribution is -0.139. The van der Waals surface area contributed by atoms with Crippen LogP contribution in [0.25, 0.3) is 10.9 Å². The van der Waals surface area contributed by atoms with Crippen LogP contribution < -0.4 is 0 Å². The average molecular weight is 343 g/mol. The highest BCUT2D eigenvalue weighted by Gasteiger charge is 2.24. The molecule has 5 nitrogen and oxygen atoms in total. The maximum absolute atomic E-state index is 11.9. The van der Waals surface area contributed by atoms with Crippen molar-refractivity contribution < 1.29 is 9.90 Å². The van der Waals surface area contributed by atoms with Gasteiger partial charge in [-0.15, -0.1) is 0 Å². The molecule has 1 aliphatic heterocycles. The predicted octanol–water partition coefficient (Wildman–Crippen LogP) is 2.58. The van der Waals surface area contributed by atoms with E-state index < -0.39 is 6.10 Å². The van der Waals surface area contributed by atoms with Gasteiger partial charge in [-0.25, -0.2) is 0 Å². The van der Waals surface area contributed by atoms with E-state index in [1.165, 1.54) is 23.4 Å². The first-order valence-corrected chi connectivity index (χ1v) is 9.35. The van der Waals surface area contributed by atoms with E-state index in [9.17, 15) is 9.90 Å². The number of carbonyl (C=O) groups is 1. The highest BCUT2D eigenvalue weighted by Crippen LogP contribution is 2.32. The molecular formula is C20H29N3O2. The maximum atomic E-state index is 11.9. The van der Waals surface area contributed by atoms with E-state index in [0.717, 1.165) is 32.5 Å². The number of likely N-dealkylation sites (tertiary alicyclic amines) is 1. The number of carbonyl (C=O) groups excluding carboxylic acids is 1. The predicted molar refractivity (Wildman–Crippen MR) is 101 cm³/mol. The molecule has 136 valence electrons. The Morgan fingerprint density at radius 1 is 1.36 bits per heavy atom. The van der Waals surface area contributed by atoms with Gasteiger partial charge in [-0.3, -0.25) is 4.79 Å². The van der Waals surface area contributed by atoms with E-state index in [0.29, 0.717) is 19.0 Å². The number of para-hydroxylation sites is 1. The average Bonchev–Trinajstić information content (AvgIpc) is 3.06. The molecule has 25 heavy (non-hydrogen) atoms. The lowest BCUT2D eigenvalue weighted by atomic mass is 9.89. The number of fused-ring (bicyclic) bond motifs is 1. The zero-order valence-corrected chi connectivity index (χ0v) is 15.2. The SMILES string of the molecule is CCN(CCN1CCC(c2c[nH]c3ccccc23)CC1)C(=O)C(C)O. The van der Waals surface area contributed by atoms with Crippen LogP contribution in [-0.4, -0.2) is 64.6 Å². The summed E-state index contributed by atoms with van der Waals surface area (Å²) in [6.07, 6.45) is 3.56. The van der Waals surface area contributed by atoms with Crippen molar-refractivity contribution >= 4 is 16.8 Å². The van der Waals surface area contributed by atoms with Gasteiger partial charge in [0.25, 0.3) is 5.91 Å². The van der Waals surface area contributed by atoms with Gasteiger partial charge in [0.15, 0.2) is 0 Å². The number of hydrogen-bond acceptors (Lipinski definition) is 3. The van der Waals surface area contributed by atoms with Crippen LogP contribution >= 0.6 is 0 Å². The summed E-state index contributed by atoms with van der Waals surface area (Å²) in [7, 11) is 0. The number of likely N-dealkylation sites (N-methyl/N-ethyl adjacent to an activating group) is 1. The molecule has 1 atom stereocenters. The fraction of sp³-hybridized carbons (Fsp3) is 0.550. The summed E-state index contributed by atoms with van der Waals surface area (Å²) in [6, 6.07) is 8.51. The third-order valence-electron chi connectivity index (χ3n) is 5.39. The fourth-order valence-corrected chi connectivity index (χ4v) is 3.85. The van der Waals surface area contributed by atoms with Gasteiger partial charge in [0.2, 0.25) is 0 Å². The van der Waals surface area contributed by atoms with E-state index in [4.69, 9.17) is 0 Å². The summed E-state index contributed by atoms with van der Waals surface area (Å²) in [5.41, 5.74) is 2.66. The van der Waals surface area contributed by atoms with Gasteiger partial charge in [-0.1, -0.05) is 18.2 Å². The minimum Gasteiger partial charge on any atom is -0.384 e. The third kappa shape index (κ3) is 4.05. The molecule has 5 heteroatoms. The molecule has 2 heterocycles. The lowest BCUT2D eigenvalue weighted by Gasteiger charge is -2.33. The van der Waals surface area contributed by atoms with E-state index in [2.05, 4.69) is 40.3 Å². The number of amides is 1. The molecule has 1 aromatic heterocycles. The highest BCUT2D eigenvalue weighted by atomic mass is 16.3. The van der Waals surface area contributed by atoms with Crippen LogP contribution in [0.15, 0.2) is 30.5 Å². The van der Waals surface area contributed by atoms with Crippen LogP contribution in [0.2, 0.25) is 0 Å². The number of aliphatic hydroxyl groups excluding tert-OH is 1. The van der Waals surface area contributed by atoms with Gasteiger partial charge in [0, 0.05) is 36.7 Å². The molecule has 1 unspecified atom stereocenters. The van der Waals surface area contributed by atoms with Crippen molar-refractivity contribution in [2.24, 2.45) is 0 Å². The second-order valence-corrected chi connectivity index (χ2v) is 7.00. The van der Waals surface area contributed by atoms with Gasteiger partial charge in [-0.2, -0.15) is 0 Å². The van der Waals surface area contributed by atoms with Gasteiger partial charge in [0.1, 0.15) is 6.10 Å². The molecule has 0 spiro atoms. The van der Waals surface area contributed by atoms with Crippen LogP contribution in [0, 0.1) is 0 Å². The van der Waals surface area contributed by atoms with Crippen molar-refractivity contribution in [2.45, 2.75) is 38.7 Å². The Hall–Kier alpha value is -1.85. The monoisotopic (exact) mass is 343 g/mol. The highest BCUT2D eigenvalue weighted by molar-refractivity contribution is 5.83. The largest absolute Gasteiger partial charge is 0.384 e. The van der Waals surface area contributed by atoms with Crippen molar-refractivity contribution in [3.8, 4) is 0 Å². The van der Waals surface area contributed by atoms with Gasteiger partial charge in [-0.05, 0) is 57.3 Å². The van der Waals surface area contributed by atoms with Crippen LogP contribution in [0.5, 0.6) is 0 Å². The second-order valence-electron chi connectivity index (χ2n) is 7.00. The molecule has 0 saturated carbocycles. The Balaban J connectivity index is 1.53. The number of H-pyrrole nitrogens is 1. The minimum absolute atomic E-state index is 0.170. The molecule has 2 N–H and O–H groups in total. The number of aliphatic hydroxyl groups is 1. The number of piperidine rings is 1. The standard InChI is InChI=1S/C20H29N3O2/c1-3-23(20(25)15(2)24)13-12-22-10-8-16(9-11-22)18-14-21-19-7-5-4-6-17(18)19/h4-7,14-16,21,24H,3,8-13H2,1-2H3. The smallest absolute Gasteiger partial charge is 0.251 e. The maximum Gasteiger partial charge on any atom is 0.251 e. The van der Waals surface area contributed by atoms with Crippen LogP contribution in [-0.2, 0) is 4.79 Å². The molecule has 0 aliphatic carbocycles. The number of nitrogens with one attached hydrogen (secondary N) is 1. The molecule has 2 aromatic rings. The number of rotatable bonds is 6. The Kier molecular flexibility index (Phi) is 5.76. The van der Waals surface area contributed by atoms with Crippen molar-refractivity contribution in [3.05, 3.63) is 36.0 Å². The summed E-state index contributed by atoms with van der Waals surface area (Å²) in [6.45, 7) is 7.84. The van der Waals surface area contributed by atoms with Crippen molar-refractivity contribution in [3.63, 3.8) is 0 Å².